The van der Waals surface area contributed by atoms with Gasteiger partial charge in [-0.05, 0) is 42.8 Å². The summed E-state index contributed by atoms with van der Waals surface area (Å²) in [6, 6.07) is 14.4. The van der Waals surface area contributed by atoms with Gasteiger partial charge >= 0.3 is 0 Å². The summed E-state index contributed by atoms with van der Waals surface area (Å²) in [5, 5.41) is 1.25. The van der Waals surface area contributed by atoms with Crippen LogP contribution in [0, 0.1) is 0 Å². The third-order valence-electron chi connectivity index (χ3n) is 3.17. The predicted octanol–water partition coefficient (Wildman–Crippen LogP) is 4.42. The van der Waals surface area contributed by atoms with Gasteiger partial charge in [-0.1, -0.05) is 41.4 Å². The van der Waals surface area contributed by atoms with Crippen molar-refractivity contribution in [2.75, 3.05) is 7.05 Å². The minimum atomic E-state index is -0.587. The standard InChI is InChI=1S/C17H17Cl2NO2/c1-12(22-16-5-3-4-15(19)10-16)17(21)20(2)11-13-6-8-14(18)9-7-13/h3-10,12H,11H2,1-2H3/t12-/m1/s1. The number of halogens is 2. The highest BCUT2D eigenvalue weighted by Crippen LogP contribution is 2.19. The summed E-state index contributed by atoms with van der Waals surface area (Å²) in [7, 11) is 1.74. The van der Waals surface area contributed by atoms with E-state index >= 15 is 0 Å². The summed E-state index contributed by atoms with van der Waals surface area (Å²) in [5.74, 6) is 0.475. The molecule has 0 saturated carbocycles. The van der Waals surface area contributed by atoms with Crippen molar-refractivity contribution in [1.29, 1.82) is 0 Å². The number of rotatable bonds is 5. The number of ether oxygens (including phenoxy) is 1. The Morgan fingerprint density at radius 3 is 2.45 bits per heavy atom. The second-order valence-electron chi connectivity index (χ2n) is 5.04. The van der Waals surface area contributed by atoms with Crippen molar-refractivity contribution in [2.24, 2.45) is 0 Å². The van der Waals surface area contributed by atoms with Crippen molar-refractivity contribution in [1.82, 2.24) is 4.90 Å². The van der Waals surface area contributed by atoms with Crippen LogP contribution in [-0.4, -0.2) is 24.0 Å². The number of carbonyl (C=O) groups excluding carboxylic acids is 1. The molecular weight excluding hydrogens is 321 g/mol. The van der Waals surface area contributed by atoms with Gasteiger partial charge in [0.1, 0.15) is 5.75 Å². The number of likely N-dealkylation sites (N-methyl/N-ethyl adjacent to an activating group) is 1. The number of benzene rings is 2. The van der Waals surface area contributed by atoms with Crippen LogP contribution >= 0.6 is 23.2 Å². The molecule has 0 fully saturated rings. The molecular formula is C17H17Cl2NO2. The maximum atomic E-state index is 12.3. The molecule has 0 aliphatic rings. The lowest BCUT2D eigenvalue weighted by molar-refractivity contribution is -0.137. The molecule has 0 bridgehead atoms. The van der Waals surface area contributed by atoms with Crippen molar-refractivity contribution < 1.29 is 9.53 Å². The molecule has 0 saturated heterocycles. The maximum Gasteiger partial charge on any atom is 0.263 e. The van der Waals surface area contributed by atoms with E-state index in [0.717, 1.165) is 5.56 Å². The molecule has 0 N–H and O–H groups in total. The van der Waals surface area contributed by atoms with Crippen molar-refractivity contribution >= 4 is 29.1 Å². The number of carbonyl (C=O) groups is 1. The topological polar surface area (TPSA) is 29.5 Å². The zero-order chi connectivity index (χ0) is 16.1. The van der Waals surface area contributed by atoms with Gasteiger partial charge in [0.05, 0.1) is 0 Å². The van der Waals surface area contributed by atoms with Gasteiger partial charge in [-0.25, -0.2) is 0 Å². The van der Waals surface area contributed by atoms with E-state index < -0.39 is 6.10 Å². The second-order valence-corrected chi connectivity index (χ2v) is 5.91. The zero-order valence-corrected chi connectivity index (χ0v) is 13.9. The van der Waals surface area contributed by atoms with Crippen LogP contribution < -0.4 is 4.74 Å². The maximum absolute atomic E-state index is 12.3. The summed E-state index contributed by atoms with van der Waals surface area (Å²) >= 11 is 11.8. The highest BCUT2D eigenvalue weighted by molar-refractivity contribution is 6.30. The highest BCUT2D eigenvalue weighted by Gasteiger charge is 2.19. The van der Waals surface area contributed by atoms with Crippen LogP contribution in [0.3, 0.4) is 0 Å². The Balaban J connectivity index is 1.96. The van der Waals surface area contributed by atoms with Gasteiger partial charge in [0, 0.05) is 23.6 Å². The van der Waals surface area contributed by atoms with E-state index in [-0.39, 0.29) is 5.91 Å². The first kappa shape index (κ1) is 16.7. The van der Waals surface area contributed by atoms with Gasteiger partial charge < -0.3 is 9.64 Å². The van der Waals surface area contributed by atoms with Crippen LogP contribution in [0.25, 0.3) is 0 Å². The average molecular weight is 338 g/mol. The Bertz CT molecular complexity index is 643. The monoisotopic (exact) mass is 337 g/mol. The smallest absolute Gasteiger partial charge is 0.263 e. The Morgan fingerprint density at radius 2 is 1.82 bits per heavy atom. The number of hydrogen-bond donors (Lipinski definition) is 0. The molecule has 2 aromatic carbocycles. The van der Waals surface area contributed by atoms with E-state index in [1.165, 1.54) is 0 Å². The second kappa shape index (κ2) is 7.52. The summed E-state index contributed by atoms with van der Waals surface area (Å²) in [4.78, 5) is 14.0. The third-order valence-corrected chi connectivity index (χ3v) is 3.65. The predicted molar refractivity (Wildman–Crippen MR) is 89.5 cm³/mol. The lowest BCUT2D eigenvalue weighted by atomic mass is 10.2. The SMILES string of the molecule is C[C@@H](Oc1cccc(Cl)c1)C(=O)N(C)Cc1ccc(Cl)cc1. The summed E-state index contributed by atoms with van der Waals surface area (Å²) in [6.45, 7) is 2.22. The number of amides is 1. The summed E-state index contributed by atoms with van der Waals surface area (Å²) in [5.41, 5.74) is 1.01. The first-order chi connectivity index (χ1) is 10.5. The highest BCUT2D eigenvalue weighted by atomic mass is 35.5. The van der Waals surface area contributed by atoms with Crippen molar-refractivity contribution in [2.45, 2.75) is 19.6 Å². The molecule has 0 unspecified atom stereocenters. The van der Waals surface area contributed by atoms with Crippen LogP contribution in [0.1, 0.15) is 12.5 Å². The molecule has 5 heteroatoms. The third kappa shape index (κ3) is 4.65. The van der Waals surface area contributed by atoms with Crippen LogP contribution in [-0.2, 0) is 11.3 Å². The van der Waals surface area contributed by atoms with Gasteiger partial charge in [0.25, 0.3) is 5.91 Å². The fraction of sp³-hybridized carbons (Fsp3) is 0.235. The van der Waals surface area contributed by atoms with Gasteiger partial charge in [0.15, 0.2) is 6.10 Å². The Kier molecular flexibility index (Phi) is 5.69. The minimum Gasteiger partial charge on any atom is -0.481 e. The first-order valence-electron chi connectivity index (χ1n) is 6.87. The molecule has 1 amide bonds. The van der Waals surface area contributed by atoms with Gasteiger partial charge in [-0.2, -0.15) is 0 Å². The van der Waals surface area contributed by atoms with Crippen LogP contribution in [0.15, 0.2) is 48.5 Å². The normalized spacial score (nSPS) is 11.8. The van der Waals surface area contributed by atoms with Crippen molar-refractivity contribution in [3.63, 3.8) is 0 Å². The van der Waals surface area contributed by atoms with Crippen LogP contribution in [0.5, 0.6) is 5.75 Å². The van der Waals surface area contributed by atoms with E-state index in [1.54, 1.807) is 55.3 Å². The van der Waals surface area contributed by atoms with Crippen LogP contribution in [0.4, 0.5) is 0 Å². The quantitative estimate of drug-likeness (QED) is 0.808. The molecule has 0 heterocycles. The molecule has 2 rings (SSSR count). The molecule has 3 nitrogen and oxygen atoms in total. The van der Waals surface area contributed by atoms with E-state index in [2.05, 4.69) is 0 Å². The molecule has 2 aromatic rings. The molecule has 22 heavy (non-hydrogen) atoms. The molecule has 0 aliphatic heterocycles. The molecule has 116 valence electrons. The lowest BCUT2D eigenvalue weighted by Gasteiger charge is -2.22. The fourth-order valence-electron chi connectivity index (χ4n) is 2.05. The number of hydrogen-bond acceptors (Lipinski definition) is 2. The van der Waals surface area contributed by atoms with Gasteiger partial charge in [0.2, 0.25) is 0 Å². The minimum absolute atomic E-state index is 0.102. The molecule has 1 atom stereocenters. The van der Waals surface area contributed by atoms with E-state index in [0.29, 0.717) is 22.3 Å². The first-order valence-corrected chi connectivity index (χ1v) is 7.63. The average Bonchev–Trinajstić information content (AvgIpc) is 2.48. The van der Waals surface area contributed by atoms with E-state index in [9.17, 15) is 4.79 Å². The molecule has 0 aliphatic carbocycles. The lowest BCUT2D eigenvalue weighted by Crippen LogP contribution is -2.37. The fourth-order valence-corrected chi connectivity index (χ4v) is 2.35. The van der Waals surface area contributed by atoms with Crippen molar-refractivity contribution in [3.8, 4) is 5.75 Å². The van der Waals surface area contributed by atoms with E-state index in [1.807, 2.05) is 12.1 Å². The molecule has 0 aromatic heterocycles. The largest absolute Gasteiger partial charge is 0.481 e. The molecule has 0 radical (unpaired) electrons. The van der Waals surface area contributed by atoms with Crippen molar-refractivity contribution in [3.05, 3.63) is 64.1 Å². The summed E-state index contributed by atoms with van der Waals surface area (Å²) < 4.78 is 5.64. The van der Waals surface area contributed by atoms with Crippen LogP contribution in [0.2, 0.25) is 10.0 Å². The molecule has 0 spiro atoms. The van der Waals surface area contributed by atoms with Gasteiger partial charge in [-0.15, -0.1) is 0 Å². The van der Waals surface area contributed by atoms with Gasteiger partial charge in [-0.3, -0.25) is 4.79 Å². The Hall–Kier alpha value is -1.71. The zero-order valence-electron chi connectivity index (χ0n) is 12.4. The Labute approximate surface area is 140 Å². The van der Waals surface area contributed by atoms with E-state index in [4.69, 9.17) is 27.9 Å². The number of nitrogens with zero attached hydrogens (tertiary/aromatic N) is 1. The Morgan fingerprint density at radius 1 is 1.14 bits per heavy atom. The summed E-state index contributed by atoms with van der Waals surface area (Å²) in [6.07, 6.45) is -0.587.